The summed E-state index contributed by atoms with van der Waals surface area (Å²) in [5.74, 6) is 1.17. The van der Waals surface area contributed by atoms with E-state index < -0.39 is 0 Å². The van der Waals surface area contributed by atoms with E-state index in [2.05, 4.69) is 6.07 Å². The molecule has 1 aromatic heterocycles. The van der Waals surface area contributed by atoms with E-state index >= 15 is 0 Å². The minimum Gasteiger partial charge on any atom is -0.453 e. The average molecular weight is 288 g/mol. The van der Waals surface area contributed by atoms with Crippen molar-refractivity contribution in [2.45, 2.75) is 44.3 Å². The number of Topliss-reactive ketones (excluding diaryl/α,β-unsaturated/α-hetero) is 1. The van der Waals surface area contributed by atoms with E-state index in [1.807, 2.05) is 25.1 Å². The number of benzene rings is 1. The molecule has 0 spiro atoms. The molecule has 2 nitrogen and oxygen atoms in total. The van der Waals surface area contributed by atoms with Crippen molar-refractivity contribution in [1.29, 1.82) is 0 Å². The highest BCUT2D eigenvalue weighted by Crippen LogP contribution is 2.29. The molecule has 0 unspecified atom stereocenters. The fourth-order valence-electron chi connectivity index (χ4n) is 2.80. The average Bonchev–Trinajstić information content (AvgIpc) is 2.89. The van der Waals surface area contributed by atoms with Crippen molar-refractivity contribution in [2.75, 3.05) is 5.75 Å². The Morgan fingerprint density at radius 1 is 1.25 bits per heavy atom. The third kappa shape index (κ3) is 3.09. The number of carbonyl (C=O) groups is 1. The number of furan rings is 1. The fraction of sp³-hybridized carbons (Fsp3) is 0.471. The molecule has 1 aliphatic rings. The second-order valence-electron chi connectivity index (χ2n) is 5.65. The van der Waals surface area contributed by atoms with E-state index in [-0.39, 0.29) is 5.78 Å². The fourth-order valence-corrected chi connectivity index (χ4v) is 3.99. The quantitative estimate of drug-likeness (QED) is 0.742. The Morgan fingerprint density at radius 2 is 2.05 bits per heavy atom. The SMILES string of the molecule is Cc1ccc2oc(C(=O)CSC3CCCCC3)cc2c1. The van der Waals surface area contributed by atoms with Crippen LogP contribution in [0.3, 0.4) is 0 Å². The van der Waals surface area contributed by atoms with Gasteiger partial charge in [0.1, 0.15) is 5.58 Å². The molecule has 3 heteroatoms. The van der Waals surface area contributed by atoms with Gasteiger partial charge in [-0.3, -0.25) is 4.79 Å². The molecule has 0 saturated heterocycles. The highest BCUT2D eigenvalue weighted by molar-refractivity contribution is 8.00. The molecular formula is C17H20O2S. The van der Waals surface area contributed by atoms with Crippen molar-refractivity contribution < 1.29 is 9.21 Å². The number of aryl methyl sites for hydroxylation is 1. The van der Waals surface area contributed by atoms with E-state index in [9.17, 15) is 4.79 Å². The first kappa shape index (κ1) is 13.7. The highest BCUT2D eigenvalue weighted by Gasteiger charge is 2.18. The third-order valence-electron chi connectivity index (χ3n) is 3.95. The predicted octanol–water partition coefficient (Wildman–Crippen LogP) is 4.99. The van der Waals surface area contributed by atoms with Crippen molar-refractivity contribution in [2.24, 2.45) is 0 Å². The lowest BCUT2D eigenvalue weighted by atomic mass is 10.0. The van der Waals surface area contributed by atoms with Gasteiger partial charge in [0.05, 0.1) is 5.75 Å². The zero-order chi connectivity index (χ0) is 13.9. The van der Waals surface area contributed by atoms with Gasteiger partial charge in [0.15, 0.2) is 5.76 Å². The van der Waals surface area contributed by atoms with Crippen LogP contribution in [-0.2, 0) is 0 Å². The lowest BCUT2D eigenvalue weighted by Crippen LogP contribution is -2.11. The van der Waals surface area contributed by atoms with Gasteiger partial charge >= 0.3 is 0 Å². The summed E-state index contributed by atoms with van der Waals surface area (Å²) in [4.78, 5) is 12.2. The topological polar surface area (TPSA) is 30.2 Å². The smallest absolute Gasteiger partial charge is 0.207 e. The number of carbonyl (C=O) groups excluding carboxylic acids is 1. The summed E-state index contributed by atoms with van der Waals surface area (Å²) < 4.78 is 5.66. The lowest BCUT2D eigenvalue weighted by Gasteiger charge is -2.20. The van der Waals surface area contributed by atoms with Crippen LogP contribution in [0.5, 0.6) is 0 Å². The summed E-state index contributed by atoms with van der Waals surface area (Å²) in [6.45, 7) is 2.05. The van der Waals surface area contributed by atoms with Gasteiger partial charge in [0.2, 0.25) is 5.78 Å². The molecule has 1 aromatic carbocycles. The maximum atomic E-state index is 12.2. The van der Waals surface area contributed by atoms with Gasteiger partial charge in [-0.2, -0.15) is 11.8 Å². The monoisotopic (exact) mass is 288 g/mol. The van der Waals surface area contributed by atoms with Gasteiger partial charge in [-0.15, -0.1) is 0 Å². The maximum Gasteiger partial charge on any atom is 0.207 e. The van der Waals surface area contributed by atoms with Crippen LogP contribution in [0.15, 0.2) is 28.7 Å². The first-order valence-electron chi connectivity index (χ1n) is 7.37. The van der Waals surface area contributed by atoms with Crippen LogP contribution in [0.1, 0.15) is 48.2 Å². The molecule has 1 aliphatic carbocycles. The Bertz CT molecular complexity index is 608. The Balaban J connectivity index is 1.65. The van der Waals surface area contributed by atoms with E-state index in [0.29, 0.717) is 16.8 Å². The Kier molecular flexibility index (Phi) is 4.16. The first-order valence-corrected chi connectivity index (χ1v) is 8.42. The molecule has 0 bridgehead atoms. The highest BCUT2D eigenvalue weighted by atomic mass is 32.2. The van der Waals surface area contributed by atoms with Gasteiger partial charge in [0.25, 0.3) is 0 Å². The van der Waals surface area contributed by atoms with Gasteiger partial charge in [-0.25, -0.2) is 0 Å². The molecule has 1 fully saturated rings. The van der Waals surface area contributed by atoms with Crippen LogP contribution >= 0.6 is 11.8 Å². The first-order chi connectivity index (χ1) is 9.72. The molecule has 0 amide bonds. The molecule has 0 atom stereocenters. The van der Waals surface area contributed by atoms with Gasteiger partial charge in [0, 0.05) is 10.6 Å². The van der Waals surface area contributed by atoms with Crippen LogP contribution in [0, 0.1) is 6.92 Å². The van der Waals surface area contributed by atoms with Crippen LogP contribution in [-0.4, -0.2) is 16.8 Å². The van der Waals surface area contributed by atoms with Crippen molar-refractivity contribution in [3.8, 4) is 0 Å². The number of hydrogen-bond donors (Lipinski definition) is 0. The molecule has 106 valence electrons. The number of fused-ring (bicyclic) bond motifs is 1. The zero-order valence-electron chi connectivity index (χ0n) is 11.9. The number of rotatable bonds is 4. The Morgan fingerprint density at radius 3 is 2.85 bits per heavy atom. The Hall–Kier alpha value is -1.22. The molecule has 0 aliphatic heterocycles. The van der Waals surface area contributed by atoms with Gasteiger partial charge in [-0.05, 0) is 38.0 Å². The second kappa shape index (κ2) is 6.04. The minimum atomic E-state index is 0.120. The van der Waals surface area contributed by atoms with Crippen molar-refractivity contribution in [3.63, 3.8) is 0 Å². The maximum absolute atomic E-state index is 12.2. The predicted molar refractivity (Wildman–Crippen MR) is 84.6 cm³/mol. The largest absolute Gasteiger partial charge is 0.453 e. The molecule has 20 heavy (non-hydrogen) atoms. The molecule has 0 radical (unpaired) electrons. The molecule has 1 heterocycles. The summed E-state index contributed by atoms with van der Waals surface area (Å²) >= 11 is 1.80. The third-order valence-corrected chi connectivity index (χ3v) is 5.32. The standard InChI is InChI=1S/C17H20O2S/c1-12-7-8-16-13(9-12)10-17(19-16)15(18)11-20-14-5-3-2-4-6-14/h7-10,14H,2-6,11H2,1H3. The van der Waals surface area contributed by atoms with Crippen molar-refractivity contribution in [1.82, 2.24) is 0 Å². The van der Waals surface area contributed by atoms with Gasteiger partial charge in [-0.1, -0.05) is 30.9 Å². The van der Waals surface area contributed by atoms with Crippen LogP contribution in [0.4, 0.5) is 0 Å². The number of ketones is 1. The summed E-state index contributed by atoms with van der Waals surface area (Å²) in [6.07, 6.45) is 6.51. The second-order valence-corrected chi connectivity index (χ2v) is 6.93. The number of thioether (sulfide) groups is 1. The van der Waals surface area contributed by atoms with Crippen LogP contribution in [0.2, 0.25) is 0 Å². The minimum absolute atomic E-state index is 0.120. The van der Waals surface area contributed by atoms with E-state index in [1.54, 1.807) is 11.8 Å². The van der Waals surface area contributed by atoms with Crippen LogP contribution < -0.4 is 0 Å². The van der Waals surface area contributed by atoms with Crippen molar-refractivity contribution in [3.05, 3.63) is 35.6 Å². The normalized spacial score (nSPS) is 16.6. The zero-order valence-corrected chi connectivity index (χ0v) is 12.7. The van der Waals surface area contributed by atoms with E-state index in [1.165, 1.54) is 37.7 Å². The lowest BCUT2D eigenvalue weighted by molar-refractivity contribution is 0.0994. The van der Waals surface area contributed by atoms with Gasteiger partial charge < -0.3 is 4.42 Å². The molecule has 0 N–H and O–H groups in total. The molecule has 3 rings (SSSR count). The molecular weight excluding hydrogens is 268 g/mol. The van der Waals surface area contributed by atoms with Crippen molar-refractivity contribution >= 4 is 28.5 Å². The van der Waals surface area contributed by atoms with E-state index in [4.69, 9.17) is 4.42 Å². The molecule has 2 aromatic rings. The number of hydrogen-bond acceptors (Lipinski definition) is 3. The van der Waals surface area contributed by atoms with Crippen LogP contribution in [0.25, 0.3) is 11.0 Å². The summed E-state index contributed by atoms with van der Waals surface area (Å²) in [5, 5.41) is 1.69. The molecule has 1 saturated carbocycles. The Labute approximate surface area is 123 Å². The summed E-state index contributed by atoms with van der Waals surface area (Å²) in [6, 6.07) is 7.89. The summed E-state index contributed by atoms with van der Waals surface area (Å²) in [5.41, 5.74) is 2.00. The van der Waals surface area contributed by atoms with E-state index in [0.717, 1.165) is 11.0 Å². The summed E-state index contributed by atoms with van der Waals surface area (Å²) in [7, 11) is 0.